The molecule has 1 aromatic rings. The molecule has 0 saturated carbocycles. The molecule has 21 heavy (non-hydrogen) atoms. The smallest absolute Gasteiger partial charge is 0.332 e. The van der Waals surface area contributed by atoms with Crippen molar-refractivity contribution in [2.75, 3.05) is 5.32 Å². The normalized spacial score (nSPS) is 21.0. The lowest BCUT2D eigenvalue weighted by Crippen LogP contribution is -2.29. The Morgan fingerprint density at radius 2 is 2.05 bits per heavy atom. The third-order valence-corrected chi connectivity index (χ3v) is 3.63. The molecule has 1 aromatic carbocycles. The Morgan fingerprint density at radius 1 is 1.38 bits per heavy atom. The van der Waals surface area contributed by atoms with Crippen molar-refractivity contribution in [3.8, 4) is 0 Å². The third-order valence-electron chi connectivity index (χ3n) is 3.00. The topological polar surface area (TPSA) is 119 Å². The summed E-state index contributed by atoms with van der Waals surface area (Å²) in [6.07, 6.45) is -1.21. The van der Waals surface area contributed by atoms with Crippen molar-refractivity contribution in [2.45, 2.75) is 25.0 Å². The van der Waals surface area contributed by atoms with Gasteiger partial charge in [-0.1, -0.05) is 0 Å². The first-order valence-corrected chi connectivity index (χ1v) is 6.81. The summed E-state index contributed by atoms with van der Waals surface area (Å²) < 4.78 is 5.35. The van der Waals surface area contributed by atoms with Crippen LogP contribution in [0.3, 0.4) is 0 Å². The number of nitrogens with one attached hydrogen (secondary N) is 1. The summed E-state index contributed by atoms with van der Waals surface area (Å²) in [6.45, 7) is 0. The van der Waals surface area contributed by atoms with E-state index >= 15 is 0 Å². The molecule has 8 nitrogen and oxygen atoms in total. The van der Waals surface area contributed by atoms with E-state index in [0.717, 1.165) is 0 Å². The lowest BCUT2D eigenvalue weighted by Gasteiger charge is -2.12. The summed E-state index contributed by atoms with van der Waals surface area (Å²) in [5.41, 5.74) is 0.246. The van der Waals surface area contributed by atoms with Crippen LogP contribution in [0, 0.1) is 10.1 Å². The zero-order valence-corrected chi connectivity index (χ0v) is 12.2. The molecular weight excluding hydrogens is 348 g/mol. The highest BCUT2D eigenvalue weighted by atomic mass is 79.9. The minimum absolute atomic E-state index is 0.115. The fourth-order valence-electron chi connectivity index (χ4n) is 1.97. The van der Waals surface area contributed by atoms with Gasteiger partial charge < -0.3 is 15.2 Å². The standard InChI is InChI=1S/C12H11BrN2O6/c13-7-5-6(1-2-8(7)15(19)20)14-11(16)9-3-4-10(21-9)12(17)18/h1-2,5,9-10H,3-4H2,(H,14,16)(H,17,18). The zero-order valence-electron chi connectivity index (χ0n) is 10.6. The second-order valence-corrected chi connectivity index (χ2v) is 5.30. The van der Waals surface area contributed by atoms with E-state index in [1.165, 1.54) is 18.2 Å². The Hall–Kier alpha value is -2.00. The van der Waals surface area contributed by atoms with Crippen LogP contribution in [-0.2, 0) is 14.3 Å². The Balaban J connectivity index is 2.02. The SMILES string of the molecule is O=C(O)C1CCC(C(=O)Nc2ccc([N+](=O)[O-])c(Br)c2)O1. The maximum absolute atomic E-state index is 11.9. The summed E-state index contributed by atoms with van der Waals surface area (Å²) in [7, 11) is 0. The highest BCUT2D eigenvalue weighted by Crippen LogP contribution is 2.28. The van der Waals surface area contributed by atoms with Crippen molar-refractivity contribution in [1.82, 2.24) is 0 Å². The average Bonchev–Trinajstić information content (AvgIpc) is 2.88. The molecule has 0 aliphatic carbocycles. The maximum atomic E-state index is 11.9. The van der Waals surface area contributed by atoms with Gasteiger partial charge in [0.25, 0.3) is 11.6 Å². The summed E-state index contributed by atoms with van der Waals surface area (Å²) in [6, 6.07) is 4.05. The fraction of sp³-hybridized carbons (Fsp3) is 0.333. The molecule has 2 atom stereocenters. The second kappa shape index (κ2) is 6.19. The number of amides is 1. The van der Waals surface area contributed by atoms with Crippen molar-refractivity contribution < 1.29 is 24.4 Å². The number of carboxylic acids is 1. The number of benzene rings is 1. The van der Waals surface area contributed by atoms with Crippen LogP contribution in [0.25, 0.3) is 0 Å². The number of nitro benzene ring substituents is 1. The van der Waals surface area contributed by atoms with Crippen LogP contribution in [0.2, 0.25) is 0 Å². The Kier molecular flexibility index (Phi) is 4.53. The molecule has 1 aliphatic heterocycles. The van der Waals surface area contributed by atoms with Crippen LogP contribution in [0.5, 0.6) is 0 Å². The van der Waals surface area contributed by atoms with E-state index < -0.39 is 29.0 Å². The largest absolute Gasteiger partial charge is 0.479 e. The monoisotopic (exact) mass is 358 g/mol. The molecule has 1 fully saturated rings. The van der Waals surface area contributed by atoms with Gasteiger partial charge in [0, 0.05) is 11.8 Å². The van der Waals surface area contributed by atoms with Gasteiger partial charge in [-0.05, 0) is 40.9 Å². The minimum Gasteiger partial charge on any atom is -0.479 e. The van der Waals surface area contributed by atoms with Gasteiger partial charge >= 0.3 is 5.97 Å². The number of carboxylic acid groups (broad SMARTS) is 1. The molecule has 1 amide bonds. The van der Waals surface area contributed by atoms with E-state index in [9.17, 15) is 19.7 Å². The van der Waals surface area contributed by atoms with Crippen molar-refractivity contribution in [2.24, 2.45) is 0 Å². The average molecular weight is 359 g/mol. The van der Waals surface area contributed by atoms with Gasteiger partial charge in [0.15, 0.2) is 6.10 Å². The number of aliphatic carboxylic acids is 1. The summed E-state index contributed by atoms with van der Waals surface area (Å²) in [5.74, 6) is -1.57. The van der Waals surface area contributed by atoms with E-state index in [1.54, 1.807) is 0 Å². The maximum Gasteiger partial charge on any atom is 0.332 e. The number of nitro groups is 1. The predicted molar refractivity (Wildman–Crippen MR) is 75.0 cm³/mol. The first-order chi connectivity index (χ1) is 9.88. The molecular formula is C12H11BrN2O6. The van der Waals surface area contributed by atoms with Crippen molar-refractivity contribution in [3.05, 3.63) is 32.8 Å². The van der Waals surface area contributed by atoms with Crippen molar-refractivity contribution in [1.29, 1.82) is 0 Å². The van der Waals surface area contributed by atoms with Crippen LogP contribution in [-0.4, -0.2) is 34.1 Å². The molecule has 0 radical (unpaired) electrons. The van der Waals surface area contributed by atoms with Gasteiger partial charge in [0.2, 0.25) is 0 Å². The van der Waals surface area contributed by atoms with Crippen LogP contribution in [0.15, 0.2) is 22.7 Å². The van der Waals surface area contributed by atoms with Crippen molar-refractivity contribution in [3.63, 3.8) is 0 Å². The lowest BCUT2D eigenvalue weighted by atomic mass is 10.2. The number of anilines is 1. The fourth-order valence-corrected chi connectivity index (χ4v) is 2.49. The van der Waals surface area contributed by atoms with Crippen molar-refractivity contribution >= 4 is 39.2 Å². The number of carbonyl (C=O) groups excluding carboxylic acids is 1. The van der Waals surface area contributed by atoms with Crippen LogP contribution in [0.4, 0.5) is 11.4 Å². The number of carbonyl (C=O) groups is 2. The number of rotatable bonds is 4. The van der Waals surface area contributed by atoms with Gasteiger partial charge in [0.1, 0.15) is 6.10 Å². The molecule has 1 heterocycles. The number of nitrogens with zero attached hydrogens (tertiary/aromatic N) is 1. The molecule has 2 N–H and O–H groups in total. The summed E-state index contributed by atoms with van der Waals surface area (Å²) >= 11 is 3.05. The first-order valence-electron chi connectivity index (χ1n) is 6.01. The van der Waals surface area contributed by atoms with E-state index in [4.69, 9.17) is 9.84 Å². The first kappa shape index (κ1) is 15.4. The highest BCUT2D eigenvalue weighted by molar-refractivity contribution is 9.10. The zero-order chi connectivity index (χ0) is 15.6. The second-order valence-electron chi connectivity index (χ2n) is 4.44. The molecule has 9 heteroatoms. The molecule has 112 valence electrons. The third kappa shape index (κ3) is 3.56. The van der Waals surface area contributed by atoms with Gasteiger partial charge in [-0.3, -0.25) is 14.9 Å². The van der Waals surface area contributed by atoms with E-state index in [0.29, 0.717) is 12.1 Å². The van der Waals surface area contributed by atoms with Crippen LogP contribution >= 0.6 is 15.9 Å². The van der Waals surface area contributed by atoms with Gasteiger partial charge in [-0.25, -0.2) is 4.79 Å². The molecule has 0 bridgehead atoms. The van der Waals surface area contributed by atoms with Gasteiger partial charge in [-0.2, -0.15) is 0 Å². The Morgan fingerprint density at radius 3 is 2.57 bits per heavy atom. The minimum atomic E-state index is -1.09. The molecule has 1 aliphatic rings. The van der Waals surface area contributed by atoms with E-state index in [2.05, 4.69) is 21.2 Å². The number of hydrogen-bond donors (Lipinski definition) is 2. The van der Waals surface area contributed by atoms with Crippen LogP contribution < -0.4 is 5.32 Å². The molecule has 2 unspecified atom stereocenters. The molecule has 2 rings (SSSR count). The molecule has 0 spiro atoms. The lowest BCUT2D eigenvalue weighted by molar-refractivity contribution is -0.385. The number of halogens is 1. The van der Waals surface area contributed by atoms with E-state index in [-0.39, 0.29) is 16.6 Å². The van der Waals surface area contributed by atoms with Crippen LogP contribution in [0.1, 0.15) is 12.8 Å². The van der Waals surface area contributed by atoms with E-state index in [1.807, 2.05) is 0 Å². The summed E-state index contributed by atoms with van der Waals surface area (Å²) in [5, 5.41) is 22.0. The Bertz CT molecular complexity index is 605. The molecule has 1 saturated heterocycles. The highest BCUT2D eigenvalue weighted by Gasteiger charge is 2.34. The number of hydrogen-bond acceptors (Lipinski definition) is 5. The predicted octanol–water partition coefficient (Wildman–Crippen LogP) is 1.93. The van der Waals surface area contributed by atoms with Gasteiger partial charge in [0.05, 0.1) is 9.40 Å². The van der Waals surface area contributed by atoms with Gasteiger partial charge in [-0.15, -0.1) is 0 Å². The quantitative estimate of drug-likeness (QED) is 0.626. The number of ether oxygens (including phenoxy) is 1. The Labute approximate surface area is 127 Å². The molecule has 0 aromatic heterocycles. The summed E-state index contributed by atoms with van der Waals surface area (Å²) in [4.78, 5) is 32.8.